The van der Waals surface area contributed by atoms with Crippen LogP contribution in [0.3, 0.4) is 0 Å². The fourth-order valence-corrected chi connectivity index (χ4v) is 3.55. The van der Waals surface area contributed by atoms with Gasteiger partial charge in [-0.25, -0.2) is 4.79 Å². The first-order valence-corrected chi connectivity index (χ1v) is 9.89. The zero-order valence-electron chi connectivity index (χ0n) is 17.2. The first-order chi connectivity index (χ1) is 13.2. The lowest BCUT2D eigenvalue weighted by Crippen LogP contribution is -2.51. The van der Waals surface area contributed by atoms with Crippen LogP contribution >= 0.6 is 0 Å². The number of nitrogens with zero attached hydrogens (tertiary/aromatic N) is 2. The zero-order chi connectivity index (χ0) is 20.3. The Labute approximate surface area is 166 Å². The topological polar surface area (TPSA) is 68.3 Å². The molecule has 2 aliphatic heterocycles. The van der Waals surface area contributed by atoms with Crippen LogP contribution in [0.4, 0.5) is 4.79 Å². The Bertz CT molecular complexity index is 728. The van der Waals surface area contributed by atoms with Gasteiger partial charge in [0.2, 0.25) is 0 Å². The highest BCUT2D eigenvalue weighted by Crippen LogP contribution is 2.31. The highest BCUT2D eigenvalue weighted by molar-refractivity contribution is 5.94. The second-order valence-electron chi connectivity index (χ2n) is 8.37. The average molecular weight is 390 g/mol. The van der Waals surface area contributed by atoms with Crippen molar-refractivity contribution in [2.75, 3.05) is 33.4 Å². The van der Waals surface area contributed by atoms with Gasteiger partial charge >= 0.3 is 6.09 Å². The van der Waals surface area contributed by atoms with E-state index in [4.69, 9.17) is 14.2 Å². The van der Waals surface area contributed by atoms with Gasteiger partial charge in [-0.1, -0.05) is 0 Å². The Balaban J connectivity index is 1.67. The van der Waals surface area contributed by atoms with Crippen LogP contribution in [0.2, 0.25) is 0 Å². The molecule has 0 radical (unpaired) electrons. The molecule has 1 aromatic carbocycles. The van der Waals surface area contributed by atoms with E-state index in [1.54, 1.807) is 35.0 Å². The number of rotatable bonds is 3. The number of benzene rings is 1. The highest BCUT2D eigenvalue weighted by atomic mass is 16.6. The van der Waals surface area contributed by atoms with Gasteiger partial charge < -0.3 is 24.0 Å². The quantitative estimate of drug-likeness (QED) is 0.792. The van der Waals surface area contributed by atoms with Crippen molar-refractivity contribution >= 4 is 12.0 Å². The van der Waals surface area contributed by atoms with E-state index in [2.05, 4.69) is 0 Å². The minimum absolute atomic E-state index is 0.0465. The number of likely N-dealkylation sites (N-methyl/N-ethyl adjacent to an activating group) is 1. The molecule has 1 aromatic rings. The second kappa shape index (κ2) is 8.29. The lowest BCUT2D eigenvalue weighted by molar-refractivity contribution is 0.00604. The van der Waals surface area contributed by atoms with Crippen molar-refractivity contribution < 1.29 is 23.8 Å². The van der Waals surface area contributed by atoms with E-state index in [0.29, 0.717) is 43.4 Å². The van der Waals surface area contributed by atoms with Crippen molar-refractivity contribution in [1.82, 2.24) is 9.80 Å². The number of ether oxygens (including phenoxy) is 3. The van der Waals surface area contributed by atoms with Crippen molar-refractivity contribution in [3.63, 3.8) is 0 Å². The van der Waals surface area contributed by atoms with Gasteiger partial charge in [0.05, 0.1) is 6.04 Å². The van der Waals surface area contributed by atoms with E-state index in [0.717, 1.165) is 19.3 Å². The molecule has 0 aliphatic carbocycles. The largest absolute Gasteiger partial charge is 0.486 e. The minimum Gasteiger partial charge on any atom is -0.486 e. The number of carbonyl (C=O) groups is 2. The van der Waals surface area contributed by atoms with Gasteiger partial charge in [-0.05, 0) is 58.2 Å². The Hall–Kier alpha value is -2.44. The van der Waals surface area contributed by atoms with E-state index >= 15 is 0 Å². The van der Waals surface area contributed by atoms with Gasteiger partial charge in [-0.3, -0.25) is 4.79 Å². The summed E-state index contributed by atoms with van der Waals surface area (Å²) in [7, 11) is 1.76. The summed E-state index contributed by atoms with van der Waals surface area (Å²) in [6.07, 6.45) is 2.54. The van der Waals surface area contributed by atoms with E-state index in [1.807, 2.05) is 20.8 Å². The fourth-order valence-electron chi connectivity index (χ4n) is 3.55. The van der Waals surface area contributed by atoms with Crippen LogP contribution in [0.1, 0.15) is 50.4 Å². The SMILES string of the molecule is CN(C[C@H]1CCCCN1C(=O)OC(C)(C)C)C(=O)c1ccc2c(c1)OCCO2. The van der Waals surface area contributed by atoms with Crippen LogP contribution in [0.15, 0.2) is 18.2 Å². The van der Waals surface area contributed by atoms with E-state index in [-0.39, 0.29) is 18.0 Å². The molecule has 0 saturated carbocycles. The molecule has 1 saturated heterocycles. The Morgan fingerprint density at radius 3 is 2.61 bits per heavy atom. The molecule has 7 heteroatoms. The molecule has 1 fully saturated rings. The van der Waals surface area contributed by atoms with Crippen LogP contribution in [-0.2, 0) is 4.74 Å². The number of carbonyl (C=O) groups excluding carboxylic acids is 2. The molecule has 7 nitrogen and oxygen atoms in total. The van der Waals surface area contributed by atoms with Crippen LogP contribution < -0.4 is 9.47 Å². The summed E-state index contributed by atoms with van der Waals surface area (Å²) in [4.78, 5) is 28.9. The van der Waals surface area contributed by atoms with Crippen molar-refractivity contribution in [1.29, 1.82) is 0 Å². The van der Waals surface area contributed by atoms with Crippen LogP contribution in [0.5, 0.6) is 11.5 Å². The molecule has 1 atom stereocenters. The maximum absolute atomic E-state index is 12.9. The van der Waals surface area contributed by atoms with Crippen molar-refractivity contribution in [3.05, 3.63) is 23.8 Å². The van der Waals surface area contributed by atoms with Crippen LogP contribution in [0.25, 0.3) is 0 Å². The monoisotopic (exact) mass is 390 g/mol. The summed E-state index contributed by atoms with van der Waals surface area (Å²) >= 11 is 0. The molecule has 154 valence electrons. The van der Waals surface area contributed by atoms with Gasteiger partial charge in [0.15, 0.2) is 11.5 Å². The van der Waals surface area contributed by atoms with Gasteiger partial charge in [0.1, 0.15) is 18.8 Å². The standard InChI is InChI=1S/C21H30N2O5/c1-21(2,3)28-20(25)23-10-6-5-7-16(23)14-22(4)19(24)15-8-9-17-18(13-15)27-12-11-26-17/h8-9,13,16H,5-7,10-12,14H2,1-4H3/t16-/m1/s1. The summed E-state index contributed by atoms with van der Waals surface area (Å²) in [6, 6.07) is 5.19. The summed E-state index contributed by atoms with van der Waals surface area (Å²) in [5.74, 6) is 1.15. The maximum Gasteiger partial charge on any atom is 0.410 e. The zero-order valence-corrected chi connectivity index (χ0v) is 17.2. The fraction of sp³-hybridized carbons (Fsp3) is 0.619. The lowest BCUT2D eigenvalue weighted by atomic mass is 10.0. The molecule has 0 N–H and O–H groups in total. The Kier molecular flexibility index (Phi) is 6.01. The molecule has 3 rings (SSSR count). The third-order valence-electron chi connectivity index (χ3n) is 4.88. The smallest absolute Gasteiger partial charge is 0.410 e. The number of fused-ring (bicyclic) bond motifs is 1. The molecule has 2 amide bonds. The van der Waals surface area contributed by atoms with Gasteiger partial charge in [0, 0.05) is 25.7 Å². The summed E-state index contributed by atoms with van der Waals surface area (Å²) in [5.41, 5.74) is 0.0119. The molecule has 28 heavy (non-hydrogen) atoms. The van der Waals surface area contributed by atoms with E-state index < -0.39 is 5.60 Å². The maximum atomic E-state index is 12.9. The Morgan fingerprint density at radius 2 is 1.89 bits per heavy atom. The van der Waals surface area contributed by atoms with Crippen LogP contribution in [0, 0.1) is 0 Å². The van der Waals surface area contributed by atoms with Crippen molar-refractivity contribution in [2.24, 2.45) is 0 Å². The number of amides is 2. The van der Waals surface area contributed by atoms with Gasteiger partial charge in [-0.15, -0.1) is 0 Å². The van der Waals surface area contributed by atoms with Crippen molar-refractivity contribution in [2.45, 2.75) is 51.7 Å². The normalized spacial score (nSPS) is 19.1. The first-order valence-electron chi connectivity index (χ1n) is 9.89. The number of hydrogen-bond acceptors (Lipinski definition) is 5. The molecule has 0 aromatic heterocycles. The van der Waals surface area contributed by atoms with Crippen molar-refractivity contribution in [3.8, 4) is 11.5 Å². The van der Waals surface area contributed by atoms with Gasteiger partial charge in [-0.2, -0.15) is 0 Å². The molecule has 0 unspecified atom stereocenters. The summed E-state index contributed by atoms with van der Waals surface area (Å²) in [5, 5.41) is 0. The molecule has 0 spiro atoms. The predicted octanol–water partition coefficient (Wildman–Crippen LogP) is 3.32. The summed E-state index contributed by atoms with van der Waals surface area (Å²) < 4.78 is 16.6. The van der Waals surface area contributed by atoms with E-state index in [9.17, 15) is 9.59 Å². The third-order valence-corrected chi connectivity index (χ3v) is 4.88. The molecular formula is C21H30N2O5. The minimum atomic E-state index is -0.536. The average Bonchev–Trinajstić information content (AvgIpc) is 2.66. The third kappa shape index (κ3) is 4.88. The number of hydrogen-bond donors (Lipinski definition) is 0. The molecule has 2 heterocycles. The highest BCUT2D eigenvalue weighted by Gasteiger charge is 2.32. The summed E-state index contributed by atoms with van der Waals surface area (Å²) in [6.45, 7) is 7.71. The second-order valence-corrected chi connectivity index (χ2v) is 8.37. The number of piperidine rings is 1. The van der Waals surface area contributed by atoms with Gasteiger partial charge in [0.25, 0.3) is 5.91 Å². The molecule has 0 bridgehead atoms. The Morgan fingerprint density at radius 1 is 1.18 bits per heavy atom. The predicted molar refractivity (Wildman–Crippen MR) is 105 cm³/mol. The lowest BCUT2D eigenvalue weighted by Gasteiger charge is -2.38. The molecule has 2 aliphatic rings. The number of likely N-dealkylation sites (tertiary alicyclic amines) is 1. The molecular weight excluding hydrogens is 360 g/mol. The first kappa shape index (κ1) is 20.3. The van der Waals surface area contributed by atoms with Crippen LogP contribution in [-0.4, -0.2) is 66.8 Å². The van der Waals surface area contributed by atoms with E-state index in [1.165, 1.54) is 0 Å².